The summed E-state index contributed by atoms with van der Waals surface area (Å²) in [5.74, 6) is -1.32. The van der Waals surface area contributed by atoms with E-state index in [1.165, 1.54) is 43.3 Å². The van der Waals surface area contributed by atoms with Crippen LogP contribution in [0, 0.1) is 0 Å². The minimum absolute atomic E-state index is 0.0630. The van der Waals surface area contributed by atoms with Gasteiger partial charge in [-0.2, -0.15) is 13.2 Å². The third kappa shape index (κ3) is 7.98. The van der Waals surface area contributed by atoms with E-state index in [2.05, 4.69) is 15.1 Å². The average molecular weight is 645 g/mol. The molecule has 3 rings (SSSR count). The molecule has 0 aliphatic carbocycles. The van der Waals surface area contributed by atoms with E-state index in [-0.39, 0.29) is 39.3 Å². The van der Waals surface area contributed by atoms with Gasteiger partial charge in [0.25, 0.3) is 0 Å². The third-order valence-electron chi connectivity index (χ3n) is 5.61. The first-order valence-electron chi connectivity index (χ1n) is 11.5. The van der Waals surface area contributed by atoms with Gasteiger partial charge in [-0.05, 0) is 42.8 Å². The van der Waals surface area contributed by atoms with Crippen LogP contribution in [0.4, 0.5) is 13.2 Å². The normalized spacial score (nSPS) is 13.7. The van der Waals surface area contributed by atoms with Gasteiger partial charge in [0.2, 0.25) is 15.9 Å². The van der Waals surface area contributed by atoms with E-state index in [0.29, 0.717) is 14.3 Å². The summed E-state index contributed by atoms with van der Waals surface area (Å²) in [5.41, 5.74) is -0.608. The number of halogens is 6. The topological polar surface area (TPSA) is 135 Å². The quantitative estimate of drug-likeness (QED) is 0.293. The second-order valence-corrected chi connectivity index (χ2v) is 11.7. The Morgan fingerprint density at radius 1 is 1.12 bits per heavy atom. The van der Waals surface area contributed by atoms with Gasteiger partial charge in [0, 0.05) is 17.1 Å². The first-order chi connectivity index (χ1) is 18.6. The summed E-state index contributed by atoms with van der Waals surface area (Å²) in [6.07, 6.45) is -7.89. The molecule has 0 aliphatic heterocycles. The van der Waals surface area contributed by atoms with Crippen LogP contribution in [-0.2, 0) is 27.9 Å². The van der Waals surface area contributed by atoms with Crippen molar-refractivity contribution in [2.45, 2.75) is 38.3 Å². The summed E-state index contributed by atoms with van der Waals surface area (Å²) in [4.78, 5) is 25.7. The number of nitrogens with zero attached hydrogens (tertiary/aromatic N) is 3. The molecule has 0 aliphatic rings. The van der Waals surface area contributed by atoms with Gasteiger partial charge >= 0.3 is 11.9 Å². The monoisotopic (exact) mass is 643 g/mol. The molecule has 1 aromatic heterocycles. The van der Waals surface area contributed by atoms with E-state index in [4.69, 9.17) is 34.8 Å². The zero-order chi connectivity index (χ0) is 29.8. The summed E-state index contributed by atoms with van der Waals surface area (Å²) < 4.78 is 67.3. The summed E-state index contributed by atoms with van der Waals surface area (Å²) in [7, 11) is -3.77. The molecule has 2 aromatic carbocycles. The maximum Gasteiger partial charge on any atom is 0.416 e. The summed E-state index contributed by atoms with van der Waals surface area (Å²) in [5, 5.41) is 16.6. The first-order valence-corrected chi connectivity index (χ1v) is 14.3. The molecular weight excluding hydrogens is 622 g/mol. The van der Waals surface area contributed by atoms with Gasteiger partial charge in [0.05, 0.1) is 28.4 Å². The summed E-state index contributed by atoms with van der Waals surface area (Å²) in [6, 6.07) is 9.17. The molecule has 3 N–H and O–H groups in total. The number of carbonyl (C=O) groups excluding carboxylic acids is 1. The molecule has 10 nitrogen and oxygen atoms in total. The molecule has 2 atom stereocenters. The Morgan fingerprint density at radius 3 is 2.38 bits per heavy atom. The van der Waals surface area contributed by atoms with Gasteiger partial charge in [0.15, 0.2) is 11.9 Å². The predicted molar refractivity (Wildman–Crippen MR) is 144 cm³/mol. The molecule has 218 valence electrons. The van der Waals surface area contributed by atoms with Crippen molar-refractivity contribution in [1.82, 2.24) is 24.4 Å². The molecule has 0 saturated heterocycles. The Bertz CT molecular complexity index is 1530. The fourth-order valence-corrected chi connectivity index (χ4v) is 4.89. The Labute approximate surface area is 241 Å². The second kappa shape index (κ2) is 12.9. The Morgan fingerprint density at radius 2 is 1.77 bits per heavy atom. The number of carbonyl (C=O) groups is 1. The smallest absolute Gasteiger partial charge is 0.382 e. The molecule has 40 heavy (non-hydrogen) atoms. The van der Waals surface area contributed by atoms with Crippen LogP contribution in [0.3, 0.4) is 0 Å². The molecular formula is C23H23Cl3F3N5O5S. The van der Waals surface area contributed by atoms with Crippen molar-refractivity contribution < 1.29 is 31.5 Å². The highest BCUT2D eigenvalue weighted by atomic mass is 35.5. The maximum absolute atomic E-state index is 13.0. The second-order valence-electron chi connectivity index (χ2n) is 8.46. The molecule has 0 saturated carbocycles. The van der Waals surface area contributed by atoms with Crippen molar-refractivity contribution in [1.29, 1.82) is 0 Å². The number of benzene rings is 2. The van der Waals surface area contributed by atoms with Crippen LogP contribution in [0.25, 0.3) is 11.4 Å². The van der Waals surface area contributed by atoms with E-state index in [9.17, 15) is 36.3 Å². The molecule has 2 unspecified atom stereocenters. The van der Waals surface area contributed by atoms with E-state index in [1.54, 1.807) is 6.07 Å². The molecule has 17 heteroatoms. The molecule has 0 spiro atoms. The van der Waals surface area contributed by atoms with Gasteiger partial charge in [-0.1, -0.05) is 46.9 Å². The highest BCUT2D eigenvalue weighted by molar-refractivity contribution is 7.89. The standard InChI is InChI=1S/C23H23Cl3F3N5O5S/c1-2-40(38,39)32-17(15-4-3-5-16(25)20(15)26)10-30-19(36)12-34-22(37)33(11-18(35)23(27,28)29)21(31-34)13-6-8-14(24)9-7-13/h3-9,17-18,32,35H,2,10-12H2,1H3,(H,30,36). The maximum atomic E-state index is 13.0. The van der Waals surface area contributed by atoms with Gasteiger partial charge < -0.3 is 10.4 Å². The van der Waals surface area contributed by atoms with E-state index >= 15 is 0 Å². The molecule has 3 aromatic rings. The predicted octanol–water partition coefficient (Wildman–Crippen LogP) is 3.39. The van der Waals surface area contributed by atoms with Crippen LogP contribution in [-0.4, -0.2) is 58.4 Å². The number of hydrogen-bond acceptors (Lipinski definition) is 6. The molecule has 1 amide bonds. The highest BCUT2D eigenvalue weighted by Gasteiger charge is 2.39. The largest absolute Gasteiger partial charge is 0.416 e. The zero-order valence-electron chi connectivity index (χ0n) is 20.6. The van der Waals surface area contributed by atoms with E-state index < -0.39 is 53.0 Å². The van der Waals surface area contributed by atoms with Crippen molar-refractivity contribution in [3.63, 3.8) is 0 Å². The lowest BCUT2D eigenvalue weighted by atomic mass is 10.1. The number of sulfonamides is 1. The van der Waals surface area contributed by atoms with Gasteiger partial charge in [-0.25, -0.2) is 22.6 Å². The number of nitrogens with one attached hydrogen (secondary N) is 2. The van der Waals surface area contributed by atoms with Crippen LogP contribution in [0.5, 0.6) is 0 Å². The first kappa shape index (κ1) is 31.9. The molecule has 0 bridgehead atoms. The molecule has 0 fully saturated rings. The van der Waals surface area contributed by atoms with Crippen molar-refractivity contribution in [3.05, 3.63) is 73.6 Å². The van der Waals surface area contributed by atoms with Crippen molar-refractivity contribution >= 4 is 50.7 Å². The van der Waals surface area contributed by atoms with Gasteiger partial charge in [0.1, 0.15) is 6.54 Å². The van der Waals surface area contributed by atoms with E-state index in [1.807, 2.05) is 0 Å². The third-order valence-corrected chi connectivity index (χ3v) is 8.10. The highest BCUT2D eigenvalue weighted by Crippen LogP contribution is 2.30. The number of hydrogen-bond donors (Lipinski definition) is 3. The minimum atomic E-state index is -5.02. The summed E-state index contributed by atoms with van der Waals surface area (Å²) >= 11 is 18.2. The van der Waals surface area contributed by atoms with Crippen molar-refractivity contribution in [2.24, 2.45) is 0 Å². The lowest BCUT2D eigenvalue weighted by Crippen LogP contribution is -2.41. The fraction of sp³-hybridized carbons (Fsp3) is 0.348. The number of aromatic nitrogens is 3. The van der Waals surface area contributed by atoms with Crippen LogP contribution in [0.15, 0.2) is 47.3 Å². The number of aliphatic hydroxyl groups is 1. The summed E-state index contributed by atoms with van der Waals surface area (Å²) in [6.45, 7) is -0.806. The number of amides is 1. The number of alkyl halides is 3. The van der Waals surface area contributed by atoms with Crippen LogP contribution in [0.1, 0.15) is 18.5 Å². The van der Waals surface area contributed by atoms with Crippen LogP contribution >= 0.6 is 34.8 Å². The van der Waals surface area contributed by atoms with Gasteiger partial charge in [-0.3, -0.25) is 9.36 Å². The molecule has 0 radical (unpaired) electrons. The van der Waals surface area contributed by atoms with Crippen LogP contribution in [0.2, 0.25) is 15.1 Å². The Hall–Kier alpha value is -2.62. The average Bonchev–Trinajstić information content (AvgIpc) is 3.18. The van der Waals surface area contributed by atoms with E-state index in [0.717, 1.165) is 0 Å². The SMILES string of the molecule is CCS(=O)(=O)NC(CNC(=O)Cn1nc(-c2ccc(Cl)cc2)n(CC(O)C(F)(F)F)c1=O)c1cccc(Cl)c1Cl. The van der Waals surface area contributed by atoms with Crippen molar-refractivity contribution in [3.8, 4) is 11.4 Å². The number of rotatable bonds is 11. The number of aliphatic hydroxyl groups excluding tert-OH is 1. The van der Waals surface area contributed by atoms with Crippen molar-refractivity contribution in [2.75, 3.05) is 12.3 Å². The van der Waals surface area contributed by atoms with Crippen LogP contribution < -0.4 is 15.7 Å². The molecule has 1 heterocycles. The minimum Gasteiger partial charge on any atom is -0.382 e. The Kier molecular flexibility index (Phi) is 10.3. The lowest BCUT2D eigenvalue weighted by Gasteiger charge is -2.21. The van der Waals surface area contributed by atoms with Gasteiger partial charge in [-0.15, -0.1) is 5.10 Å². The fourth-order valence-electron chi connectivity index (χ4n) is 3.51. The lowest BCUT2D eigenvalue weighted by molar-refractivity contribution is -0.207. The Balaban J connectivity index is 1.88. The zero-order valence-corrected chi connectivity index (χ0v) is 23.7.